The van der Waals surface area contributed by atoms with Crippen LogP contribution in [0.5, 0.6) is 0 Å². The van der Waals surface area contributed by atoms with Gasteiger partial charge in [0.1, 0.15) is 18.8 Å². The zero-order chi connectivity index (χ0) is 48.6. The van der Waals surface area contributed by atoms with Crippen LogP contribution in [0.3, 0.4) is 0 Å². The van der Waals surface area contributed by atoms with Gasteiger partial charge in [-0.1, -0.05) is 88.8 Å². The second-order valence-electron chi connectivity index (χ2n) is 16.6. The molecule has 7 rings (SSSR count). The second kappa shape index (κ2) is 24.6. The van der Waals surface area contributed by atoms with Crippen LogP contribution in [0.15, 0.2) is 145 Å². The van der Waals surface area contributed by atoms with E-state index in [0.29, 0.717) is 30.1 Å². The molecule has 0 radical (unpaired) electrons. The third-order valence-electron chi connectivity index (χ3n) is 11.3. The van der Waals surface area contributed by atoms with Crippen molar-refractivity contribution < 1.29 is 58.2 Å². The Morgan fingerprint density at radius 3 is 1.86 bits per heavy atom. The number of aromatic nitrogens is 2. The van der Waals surface area contributed by atoms with Gasteiger partial charge in [-0.15, -0.1) is 0 Å². The van der Waals surface area contributed by atoms with Crippen LogP contribution in [-0.2, 0) is 28.7 Å². The van der Waals surface area contributed by atoms with Crippen molar-refractivity contribution in [2.24, 2.45) is 11.7 Å². The van der Waals surface area contributed by atoms with Crippen LogP contribution in [0.25, 0.3) is 21.8 Å². The van der Waals surface area contributed by atoms with Gasteiger partial charge in [0.15, 0.2) is 0 Å². The van der Waals surface area contributed by atoms with E-state index in [2.05, 4.69) is 163 Å². The molecular formula is C53H66F6N4OW+2. The summed E-state index contributed by atoms with van der Waals surface area (Å²) >= 11 is -0.782. The molecule has 0 amide bonds. The molecule has 3 aromatic carbocycles. The monoisotopic (exact) mass is 1070 g/mol. The summed E-state index contributed by atoms with van der Waals surface area (Å²) in [5, 5.41) is 11.3. The molecule has 2 aromatic heterocycles. The first-order valence-electron chi connectivity index (χ1n) is 22.0. The SMILES string of the molecule is C=[N+]1C(C)CCC1C.CC.CC(C)([CH]=[W]=[CH][n+]1cccc2ccc3cccnc3c21)c1ccccc1.CCC1=C(N)CC(C(C)C)=CC=C1.OC(c1ccccc1)(C(F)(F)F)C(F)(F)F. The first-order valence-corrected chi connectivity index (χ1v) is 25.4. The van der Waals surface area contributed by atoms with Gasteiger partial charge in [0.2, 0.25) is 0 Å². The third-order valence-corrected chi connectivity index (χ3v) is 15.2. The van der Waals surface area contributed by atoms with E-state index in [4.69, 9.17) is 10.8 Å². The molecule has 5 nitrogen and oxygen atoms in total. The Balaban J connectivity index is 0.000000247. The summed E-state index contributed by atoms with van der Waals surface area (Å²) in [6, 6.07) is 29.3. The Kier molecular flexibility index (Phi) is 20.6. The summed E-state index contributed by atoms with van der Waals surface area (Å²) in [6.07, 6.45) is 3.44. The van der Waals surface area contributed by atoms with Crippen LogP contribution < -0.4 is 10.3 Å². The normalized spacial score (nSPS) is 16.4. The molecule has 12 heteroatoms. The second-order valence-corrected chi connectivity index (χ2v) is 19.2. The number of nitrogens with two attached hydrogens (primary N) is 1. The van der Waals surface area contributed by atoms with E-state index >= 15 is 0 Å². The predicted octanol–water partition coefficient (Wildman–Crippen LogP) is 12.6. The van der Waals surface area contributed by atoms with Gasteiger partial charge in [-0.05, 0) is 31.8 Å². The Morgan fingerprint density at radius 2 is 1.35 bits per heavy atom. The number of benzene rings is 3. The van der Waals surface area contributed by atoms with Crippen molar-refractivity contribution >= 4 is 37.4 Å². The molecule has 3 heterocycles. The van der Waals surface area contributed by atoms with E-state index in [1.165, 1.54) is 51.9 Å². The van der Waals surface area contributed by atoms with Crippen molar-refractivity contribution in [1.82, 2.24) is 4.98 Å². The van der Waals surface area contributed by atoms with Gasteiger partial charge in [-0.2, -0.15) is 26.3 Å². The van der Waals surface area contributed by atoms with Gasteiger partial charge in [-0.25, -0.2) is 4.58 Å². The number of hydrogen-bond donors (Lipinski definition) is 2. The van der Waals surface area contributed by atoms with Crippen molar-refractivity contribution in [3.05, 3.63) is 156 Å². The van der Waals surface area contributed by atoms with Crippen LogP contribution in [0.1, 0.15) is 99.1 Å². The molecule has 1 saturated heterocycles. The summed E-state index contributed by atoms with van der Waals surface area (Å²) < 4.78 is 83.3. The Labute approximate surface area is 389 Å². The maximum Gasteiger partial charge on any atom is 0.430 e. The molecule has 2 unspecified atom stereocenters. The van der Waals surface area contributed by atoms with Gasteiger partial charge in [0.25, 0.3) is 5.60 Å². The topological polar surface area (TPSA) is 66.0 Å². The molecule has 2 aliphatic rings. The molecule has 1 fully saturated rings. The fourth-order valence-corrected chi connectivity index (χ4v) is 10.1. The Morgan fingerprint density at radius 1 is 0.815 bits per heavy atom. The standard InChI is InChI=1S/C13H9N2.C12H19N.C10H12.C9H6F6O.C7H14N.C2H6.W/c1-15-9-3-5-11-7-6-10-4-2-8-14-12(10)13(11)15;1-4-10-6-5-7-11(9(2)3)8-12(10)13;1-10(2,3)9-7-5-4-6-8-9;10-8(11,12)7(16,9(13,14)15)6-4-2-1-3-5-6;1-6-4-5-7(2)8(6)3;1-2;/h1-9H;5-7,9H,4,8,13H2,1-3H3;1,4-8H,2-3H3;1-5,16H;6-7H,3-5H2,1-2H3;1-2H3;/q+1;;;;+1;;. The number of halogens is 6. The number of rotatable bonds is 6. The fraction of sp³-hybridized carbons (Fsp3) is 0.377. The third kappa shape index (κ3) is 14.6. The van der Waals surface area contributed by atoms with Gasteiger partial charge < -0.3 is 10.8 Å². The van der Waals surface area contributed by atoms with Crippen LogP contribution in [0.2, 0.25) is 0 Å². The number of fused-ring (bicyclic) bond motifs is 3. The molecule has 0 saturated carbocycles. The van der Waals surface area contributed by atoms with E-state index in [-0.39, 0.29) is 5.41 Å². The maximum absolute atomic E-state index is 12.3. The summed E-state index contributed by atoms with van der Waals surface area (Å²) in [4.78, 5) is 4.64. The van der Waals surface area contributed by atoms with Gasteiger partial charge in [-0.3, -0.25) is 0 Å². The van der Waals surface area contributed by atoms with E-state index < -0.39 is 41.2 Å². The van der Waals surface area contributed by atoms with Crippen LogP contribution in [-0.4, -0.2) is 54.7 Å². The van der Waals surface area contributed by atoms with Gasteiger partial charge >= 0.3 is 174 Å². The average molecular weight is 1070 g/mol. The summed E-state index contributed by atoms with van der Waals surface area (Å²) in [5.41, 5.74) is 7.43. The fourth-order valence-electron chi connectivity index (χ4n) is 7.10. The van der Waals surface area contributed by atoms with E-state index in [1.54, 1.807) is 0 Å². The molecule has 1 aliphatic carbocycles. The molecule has 5 aromatic rings. The van der Waals surface area contributed by atoms with Crippen molar-refractivity contribution in [3.8, 4) is 0 Å². The molecule has 0 bridgehead atoms. The Hall–Kier alpha value is -4.86. The quantitative estimate of drug-likeness (QED) is 0.101. The number of aliphatic hydroxyl groups is 1. The van der Waals surface area contributed by atoms with Gasteiger partial charge in [0.05, 0.1) is 0 Å². The predicted molar refractivity (Wildman–Crippen MR) is 254 cm³/mol. The zero-order valence-corrected chi connectivity index (χ0v) is 42.0. The van der Waals surface area contributed by atoms with E-state index in [1.807, 2.05) is 26.1 Å². The van der Waals surface area contributed by atoms with Crippen LogP contribution in [0.4, 0.5) is 26.3 Å². The number of nitrogens with zero attached hydrogens (tertiary/aromatic N) is 3. The minimum atomic E-state index is -5.83. The number of allylic oxidation sites excluding steroid dienone is 5. The molecule has 1 aliphatic heterocycles. The van der Waals surface area contributed by atoms with Crippen molar-refractivity contribution in [2.75, 3.05) is 0 Å². The molecule has 350 valence electrons. The van der Waals surface area contributed by atoms with Crippen LogP contribution >= 0.6 is 0 Å². The number of pyridine rings is 2. The summed E-state index contributed by atoms with van der Waals surface area (Å²) in [5.74, 6) is 0.597. The van der Waals surface area contributed by atoms with E-state index in [9.17, 15) is 26.3 Å². The molecule has 2 atom stereocenters. The van der Waals surface area contributed by atoms with Crippen molar-refractivity contribution in [1.29, 1.82) is 0 Å². The van der Waals surface area contributed by atoms with E-state index in [0.717, 1.165) is 36.2 Å². The number of hydrogen-bond acceptors (Lipinski definition) is 3. The van der Waals surface area contributed by atoms with Gasteiger partial charge in [0, 0.05) is 30.5 Å². The first-order chi connectivity index (χ1) is 30.6. The number of alkyl halides is 6. The minimum absolute atomic E-state index is 0.105. The maximum atomic E-state index is 12.3. The zero-order valence-electron chi connectivity index (χ0n) is 39.1. The Bertz CT molecular complexity index is 2440. The first kappa shape index (κ1) is 54.5. The molecule has 65 heavy (non-hydrogen) atoms. The van der Waals surface area contributed by atoms with Crippen molar-refractivity contribution in [3.63, 3.8) is 0 Å². The summed E-state index contributed by atoms with van der Waals surface area (Å²) in [6.45, 7) is 23.6. The molecular weight excluding hydrogens is 1010 g/mol. The average Bonchev–Trinajstić information content (AvgIpc) is 3.44. The molecule has 3 N–H and O–H groups in total. The minimum Gasteiger partial charge on any atom is -0.402 e. The smallest absolute Gasteiger partial charge is 0.402 e. The summed E-state index contributed by atoms with van der Waals surface area (Å²) in [7, 11) is 0. The molecule has 0 spiro atoms. The van der Waals surface area contributed by atoms with Crippen LogP contribution in [0, 0.1) is 5.92 Å². The largest absolute Gasteiger partial charge is 0.430 e. The van der Waals surface area contributed by atoms with Crippen molar-refractivity contribution in [2.45, 2.75) is 123 Å².